The lowest BCUT2D eigenvalue weighted by atomic mass is 9.99. The van der Waals surface area contributed by atoms with Gasteiger partial charge >= 0.3 is 0 Å². The molecule has 1 aliphatic heterocycles. The Bertz CT molecular complexity index is 513. The number of nitrogens with one attached hydrogen (secondary N) is 1. The molecular formula is C13H20N2O2S. The van der Waals surface area contributed by atoms with Crippen LogP contribution in [0.5, 0.6) is 0 Å². The van der Waals surface area contributed by atoms with Gasteiger partial charge in [-0.05, 0) is 24.1 Å². The zero-order chi connectivity index (χ0) is 13.2. The fourth-order valence-corrected chi connectivity index (χ4v) is 3.27. The first-order chi connectivity index (χ1) is 8.52. The van der Waals surface area contributed by atoms with Gasteiger partial charge in [0, 0.05) is 19.1 Å². The average Bonchev–Trinajstić information content (AvgIpc) is 2.49. The Balaban J connectivity index is 2.35. The van der Waals surface area contributed by atoms with Crippen molar-refractivity contribution in [3.8, 4) is 0 Å². The Labute approximate surface area is 109 Å². The molecule has 0 amide bonds. The van der Waals surface area contributed by atoms with E-state index < -0.39 is 10.0 Å². The van der Waals surface area contributed by atoms with Crippen molar-refractivity contribution in [3.63, 3.8) is 0 Å². The van der Waals surface area contributed by atoms with Crippen molar-refractivity contribution in [1.82, 2.24) is 9.62 Å². The third kappa shape index (κ3) is 2.91. The second-order valence-corrected chi connectivity index (χ2v) is 6.68. The van der Waals surface area contributed by atoms with E-state index >= 15 is 0 Å². The zero-order valence-electron chi connectivity index (χ0n) is 10.9. The van der Waals surface area contributed by atoms with Crippen LogP contribution in [0.15, 0.2) is 24.3 Å². The molecule has 18 heavy (non-hydrogen) atoms. The molecule has 0 fully saturated rings. The van der Waals surface area contributed by atoms with Crippen molar-refractivity contribution in [2.45, 2.75) is 25.9 Å². The van der Waals surface area contributed by atoms with Gasteiger partial charge < -0.3 is 5.32 Å². The molecule has 0 aliphatic carbocycles. The fourth-order valence-electron chi connectivity index (χ4n) is 2.46. The van der Waals surface area contributed by atoms with Crippen LogP contribution in [0.4, 0.5) is 0 Å². The molecule has 1 aromatic carbocycles. The summed E-state index contributed by atoms with van der Waals surface area (Å²) in [7, 11) is -3.12. The quantitative estimate of drug-likeness (QED) is 0.904. The van der Waals surface area contributed by atoms with E-state index in [9.17, 15) is 8.42 Å². The monoisotopic (exact) mass is 268 g/mol. The maximum atomic E-state index is 11.7. The molecule has 1 N–H and O–H groups in total. The van der Waals surface area contributed by atoms with Crippen LogP contribution in [-0.4, -0.2) is 32.1 Å². The topological polar surface area (TPSA) is 49.4 Å². The van der Waals surface area contributed by atoms with Crippen LogP contribution >= 0.6 is 0 Å². The average molecular weight is 268 g/mol. The SMILES string of the molecule is CCNC1CCN(S(C)(=O)=O)Cc2ccccc21. The lowest BCUT2D eigenvalue weighted by molar-refractivity contribution is 0.392. The zero-order valence-corrected chi connectivity index (χ0v) is 11.7. The summed E-state index contributed by atoms with van der Waals surface area (Å²) in [6.45, 7) is 4.02. The van der Waals surface area contributed by atoms with Crippen LogP contribution < -0.4 is 5.32 Å². The summed E-state index contributed by atoms with van der Waals surface area (Å²) in [5.41, 5.74) is 2.33. The smallest absolute Gasteiger partial charge is 0.211 e. The first-order valence-corrected chi connectivity index (χ1v) is 8.13. The predicted octanol–water partition coefficient (Wildman–Crippen LogP) is 1.50. The predicted molar refractivity (Wildman–Crippen MR) is 72.7 cm³/mol. The lowest BCUT2D eigenvalue weighted by Gasteiger charge is -2.18. The summed E-state index contributed by atoms with van der Waals surface area (Å²) in [6, 6.07) is 8.34. The normalized spacial score (nSPS) is 21.3. The second kappa shape index (κ2) is 5.38. The third-order valence-corrected chi connectivity index (χ3v) is 4.61. The highest BCUT2D eigenvalue weighted by Crippen LogP contribution is 2.27. The number of fused-ring (bicyclic) bond motifs is 1. The van der Waals surface area contributed by atoms with E-state index in [1.54, 1.807) is 4.31 Å². The van der Waals surface area contributed by atoms with Crippen LogP contribution in [0.2, 0.25) is 0 Å². The molecule has 4 nitrogen and oxygen atoms in total. The molecule has 1 heterocycles. The van der Waals surface area contributed by atoms with Crippen LogP contribution in [-0.2, 0) is 16.6 Å². The van der Waals surface area contributed by atoms with Gasteiger partial charge in [-0.1, -0.05) is 31.2 Å². The first kappa shape index (κ1) is 13.5. The molecule has 1 unspecified atom stereocenters. The fraction of sp³-hybridized carbons (Fsp3) is 0.538. The van der Waals surface area contributed by atoms with E-state index in [0.717, 1.165) is 18.5 Å². The molecule has 0 aromatic heterocycles. The van der Waals surface area contributed by atoms with Crippen LogP contribution in [0.1, 0.15) is 30.5 Å². The molecule has 0 radical (unpaired) electrons. The summed E-state index contributed by atoms with van der Waals surface area (Å²) >= 11 is 0. The highest BCUT2D eigenvalue weighted by molar-refractivity contribution is 7.88. The Hall–Kier alpha value is -0.910. The molecule has 0 saturated carbocycles. The lowest BCUT2D eigenvalue weighted by Crippen LogP contribution is -2.30. The van der Waals surface area contributed by atoms with E-state index in [1.807, 2.05) is 18.2 Å². The number of sulfonamides is 1. The highest BCUT2D eigenvalue weighted by atomic mass is 32.2. The number of hydrogen-bond acceptors (Lipinski definition) is 3. The Morgan fingerprint density at radius 1 is 1.39 bits per heavy atom. The minimum atomic E-state index is -3.12. The van der Waals surface area contributed by atoms with Gasteiger partial charge in [0.25, 0.3) is 0 Å². The molecule has 5 heteroatoms. The van der Waals surface area contributed by atoms with Gasteiger partial charge in [-0.3, -0.25) is 0 Å². The molecule has 1 aromatic rings. The van der Waals surface area contributed by atoms with Crippen molar-refractivity contribution < 1.29 is 8.42 Å². The van der Waals surface area contributed by atoms with Crippen LogP contribution in [0.3, 0.4) is 0 Å². The molecular weight excluding hydrogens is 248 g/mol. The molecule has 1 atom stereocenters. The Morgan fingerprint density at radius 3 is 2.78 bits per heavy atom. The van der Waals surface area contributed by atoms with E-state index in [-0.39, 0.29) is 6.04 Å². The van der Waals surface area contributed by atoms with Crippen molar-refractivity contribution in [2.75, 3.05) is 19.3 Å². The van der Waals surface area contributed by atoms with Gasteiger partial charge in [-0.2, -0.15) is 4.31 Å². The van der Waals surface area contributed by atoms with Crippen LogP contribution in [0.25, 0.3) is 0 Å². The maximum Gasteiger partial charge on any atom is 0.211 e. The van der Waals surface area contributed by atoms with E-state index in [2.05, 4.69) is 18.3 Å². The Morgan fingerprint density at radius 2 is 2.11 bits per heavy atom. The van der Waals surface area contributed by atoms with Crippen molar-refractivity contribution in [1.29, 1.82) is 0 Å². The van der Waals surface area contributed by atoms with Gasteiger partial charge in [0.2, 0.25) is 10.0 Å². The van der Waals surface area contributed by atoms with Gasteiger partial charge in [-0.25, -0.2) is 8.42 Å². The van der Waals surface area contributed by atoms with E-state index in [1.165, 1.54) is 11.8 Å². The highest BCUT2D eigenvalue weighted by Gasteiger charge is 2.25. The van der Waals surface area contributed by atoms with Gasteiger partial charge in [0.1, 0.15) is 0 Å². The van der Waals surface area contributed by atoms with Crippen molar-refractivity contribution >= 4 is 10.0 Å². The van der Waals surface area contributed by atoms with E-state index in [0.29, 0.717) is 13.1 Å². The summed E-state index contributed by atoms with van der Waals surface area (Å²) in [5.74, 6) is 0. The number of benzene rings is 1. The summed E-state index contributed by atoms with van der Waals surface area (Å²) in [5, 5.41) is 3.43. The minimum absolute atomic E-state index is 0.248. The number of hydrogen-bond donors (Lipinski definition) is 1. The first-order valence-electron chi connectivity index (χ1n) is 6.28. The van der Waals surface area contributed by atoms with E-state index in [4.69, 9.17) is 0 Å². The molecule has 100 valence electrons. The molecule has 0 spiro atoms. The third-order valence-electron chi connectivity index (χ3n) is 3.36. The number of rotatable bonds is 3. The maximum absolute atomic E-state index is 11.7. The summed E-state index contributed by atoms with van der Waals surface area (Å²) < 4.78 is 25.0. The molecule has 0 saturated heterocycles. The standard InChI is InChI=1S/C13H20N2O2S/c1-3-14-13-8-9-15(18(2,16)17)10-11-6-4-5-7-12(11)13/h4-7,13-14H,3,8-10H2,1-2H3. The van der Waals surface area contributed by atoms with Crippen molar-refractivity contribution in [2.24, 2.45) is 0 Å². The molecule has 1 aliphatic rings. The van der Waals surface area contributed by atoms with Gasteiger partial charge in [-0.15, -0.1) is 0 Å². The second-order valence-electron chi connectivity index (χ2n) is 4.69. The molecule has 2 rings (SSSR count). The minimum Gasteiger partial charge on any atom is -0.310 e. The summed E-state index contributed by atoms with van der Waals surface area (Å²) in [4.78, 5) is 0. The molecule has 0 bridgehead atoms. The summed E-state index contributed by atoms with van der Waals surface area (Å²) in [6.07, 6.45) is 2.10. The Kier molecular flexibility index (Phi) is 4.04. The largest absolute Gasteiger partial charge is 0.310 e. The number of nitrogens with zero attached hydrogens (tertiary/aromatic N) is 1. The van der Waals surface area contributed by atoms with Gasteiger partial charge in [0.05, 0.1) is 6.26 Å². The van der Waals surface area contributed by atoms with Gasteiger partial charge in [0.15, 0.2) is 0 Å². The van der Waals surface area contributed by atoms with Crippen LogP contribution in [0, 0.1) is 0 Å². The van der Waals surface area contributed by atoms with Crippen molar-refractivity contribution in [3.05, 3.63) is 35.4 Å².